The van der Waals surface area contributed by atoms with Gasteiger partial charge in [-0.15, -0.1) is 11.3 Å². The minimum absolute atomic E-state index is 0.0419. The van der Waals surface area contributed by atoms with Crippen LogP contribution < -0.4 is 5.32 Å². The van der Waals surface area contributed by atoms with Crippen LogP contribution in [0.15, 0.2) is 42.5 Å². The SMILES string of the molecule is CCN(CC(=O)N1CCC(C(=O)Nc2ccccc2)CC1)Cc1ccc(Cl)s1. The molecular weight excluding hydrogens is 394 g/mol. The summed E-state index contributed by atoms with van der Waals surface area (Å²) in [7, 11) is 0. The number of anilines is 1. The van der Waals surface area contributed by atoms with Crippen molar-refractivity contribution >= 4 is 40.4 Å². The third kappa shape index (κ3) is 5.80. The molecule has 2 heterocycles. The monoisotopic (exact) mass is 419 g/mol. The van der Waals surface area contributed by atoms with Crippen molar-refractivity contribution in [3.63, 3.8) is 0 Å². The summed E-state index contributed by atoms with van der Waals surface area (Å²) in [4.78, 5) is 30.3. The molecule has 7 heteroatoms. The molecule has 1 saturated heterocycles. The molecule has 1 N–H and O–H groups in total. The molecule has 1 aromatic heterocycles. The number of benzene rings is 1. The van der Waals surface area contributed by atoms with Gasteiger partial charge in [-0.3, -0.25) is 14.5 Å². The predicted octanol–water partition coefficient (Wildman–Crippen LogP) is 4.10. The summed E-state index contributed by atoms with van der Waals surface area (Å²) in [5.74, 6) is 0.134. The molecule has 0 spiro atoms. The molecule has 28 heavy (non-hydrogen) atoms. The standard InChI is InChI=1S/C21H26ClN3O2S/c1-2-24(14-18-8-9-19(22)28-18)15-20(26)25-12-10-16(11-13-25)21(27)23-17-6-4-3-5-7-17/h3-9,16H,2,10-15H2,1H3,(H,23,27). The Morgan fingerprint density at radius 2 is 1.89 bits per heavy atom. The van der Waals surface area contributed by atoms with Gasteiger partial charge in [0.25, 0.3) is 0 Å². The normalized spacial score (nSPS) is 15.0. The van der Waals surface area contributed by atoms with Crippen molar-refractivity contribution in [1.82, 2.24) is 9.80 Å². The zero-order valence-electron chi connectivity index (χ0n) is 16.1. The highest BCUT2D eigenvalue weighted by molar-refractivity contribution is 7.16. The number of nitrogens with one attached hydrogen (secondary N) is 1. The lowest BCUT2D eigenvalue weighted by Gasteiger charge is -2.33. The van der Waals surface area contributed by atoms with Crippen molar-refractivity contribution in [2.45, 2.75) is 26.3 Å². The third-order valence-corrected chi connectivity index (χ3v) is 6.29. The quantitative estimate of drug-likeness (QED) is 0.735. The Balaban J connectivity index is 1.45. The van der Waals surface area contributed by atoms with E-state index in [9.17, 15) is 9.59 Å². The Bertz CT molecular complexity index is 788. The van der Waals surface area contributed by atoms with Gasteiger partial charge in [0, 0.05) is 36.1 Å². The van der Waals surface area contributed by atoms with Gasteiger partial charge >= 0.3 is 0 Å². The van der Waals surface area contributed by atoms with E-state index >= 15 is 0 Å². The van der Waals surface area contributed by atoms with E-state index in [1.165, 1.54) is 0 Å². The molecule has 2 aromatic rings. The minimum atomic E-state index is -0.0419. The van der Waals surface area contributed by atoms with Crippen molar-refractivity contribution in [3.8, 4) is 0 Å². The van der Waals surface area contributed by atoms with Crippen LogP contribution in [-0.2, 0) is 16.1 Å². The number of halogens is 1. The van der Waals surface area contributed by atoms with Gasteiger partial charge in [-0.05, 0) is 43.7 Å². The van der Waals surface area contributed by atoms with Gasteiger partial charge < -0.3 is 10.2 Å². The van der Waals surface area contributed by atoms with Crippen LogP contribution in [-0.4, -0.2) is 47.8 Å². The fraction of sp³-hybridized carbons (Fsp3) is 0.429. The number of nitrogens with zero attached hydrogens (tertiary/aromatic N) is 2. The number of hydrogen-bond acceptors (Lipinski definition) is 4. The van der Waals surface area contributed by atoms with Gasteiger partial charge in [0.15, 0.2) is 0 Å². The van der Waals surface area contributed by atoms with Gasteiger partial charge in [-0.1, -0.05) is 36.7 Å². The molecule has 2 amide bonds. The highest BCUT2D eigenvalue weighted by atomic mass is 35.5. The van der Waals surface area contributed by atoms with Gasteiger partial charge in [0.2, 0.25) is 11.8 Å². The molecule has 1 aliphatic heterocycles. The van der Waals surface area contributed by atoms with Gasteiger partial charge in [-0.25, -0.2) is 0 Å². The molecule has 1 fully saturated rings. The molecule has 0 radical (unpaired) electrons. The summed E-state index contributed by atoms with van der Waals surface area (Å²) < 4.78 is 0.772. The molecule has 150 valence electrons. The van der Waals surface area contributed by atoms with Crippen molar-refractivity contribution in [2.24, 2.45) is 5.92 Å². The Morgan fingerprint density at radius 1 is 1.18 bits per heavy atom. The van der Waals surface area contributed by atoms with Crippen LogP contribution in [0, 0.1) is 5.92 Å². The van der Waals surface area contributed by atoms with Crippen LogP contribution in [0.1, 0.15) is 24.6 Å². The highest BCUT2D eigenvalue weighted by Gasteiger charge is 2.28. The van der Waals surface area contributed by atoms with E-state index < -0.39 is 0 Å². The van der Waals surface area contributed by atoms with Crippen LogP contribution in [0.4, 0.5) is 5.69 Å². The second-order valence-corrected chi connectivity index (χ2v) is 8.82. The van der Waals surface area contributed by atoms with Crippen LogP contribution in [0.2, 0.25) is 4.34 Å². The van der Waals surface area contributed by atoms with E-state index in [4.69, 9.17) is 11.6 Å². The zero-order chi connectivity index (χ0) is 19.9. The molecule has 5 nitrogen and oxygen atoms in total. The van der Waals surface area contributed by atoms with Gasteiger partial charge in [0.1, 0.15) is 0 Å². The number of para-hydroxylation sites is 1. The zero-order valence-corrected chi connectivity index (χ0v) is 17.6. The lowest BCUT2D eigenvalue weighted by atomic mass is 9.95. The first-order chi connectivity index (χ1) is 13.5. The Morgan fingerprint density at radius 3 is 2.50 bits per heavy atom. The number of likely N-dealkylation sites (tertiary alicyclic amines) is 1. The average molecular weight is 420 g/mol. The largest absolute Gasteiger partial charge is 0.342 e. The van der Waals surface area contributed by atoms with Crippen LogP contribution in [0.3, 0.4) is 0 Å². The first-order valence-corrected chi connectivity index (χ1v) is 10.8. The van der Waals surface area contributed by atoms with Crippen molar-refractivity contribution in [2.75, 3.05) is 31.5 Å². The molecule has 3 rings (SSSR count). The fourth-order valence-corrected chi connectivity index (χ4v) is 4.51. The summed E-state index contributed by atoms with van der Waals surface area (Å²) >= 11 is 7.55. The van der Waals surface area contributed by atoms with Crippen molar-refractivity contribution in [3.05, 3.63) is 51.7 Å². The second kappa shape index (κ2) is 10.0. The smallest absolute Gasteiger partial charge is 0.236 e. The Hall–Kier alpha value is -1.89. The highest BCUT2D eigenvalue weighted by Crippen LogP contribution is 2.23. The number of piperidine rings is 1. The molecule has 1 aromatic carbocycles. The topological polar surface area (TPSA) is 52.7 Å². The van der Waals surface area contributed by atoms with Crippen molar-refractivity contribution < 1.29 is 9.59 Å². The lowest BCUT2D eigenvalue weighted by Crippen LogP contribution is -2.45. The molecular formula is C21H26ClN3O2S. The molecule has 0 saturated carbocycles. The molecule has 0 aliphatic carbocycles. The first-order valence-electron chi connectivity index (χ1n) is 9.65. The number of thiophene rings is 1. The summed E-state index contributed by atoms with van der Waals surface area (Å²) in [5.41, 5.74) is 0.818. The van der Waals surface area contributed by atoms with Crippen LogP contribution in [0.25, 0.3) is 0 Å². The third-order valence-electron chi connectivity index (χ3n) is 5.07. The first kappa shape index (κ1) is 20.8. The molecule has 0 unspecified atom stereocenters. The molecule has 0 atom stereocenters. The van der Waals surface area contributed by atoms with Gasteiger partial charge in [0.05, 0.1) is 10.9 Å². The summed E-state index contributed by atoms with van der Waals surface area (Å²) in [6.45, 7) is 5.25. The Labute approximate surface area is 175 Å². The maximum absolute atomic E-state index is 12.7. The maximum atomic E-state index is 12.7. The number of carbonyl (C=O) groups excluding carboxylic acids is 2. The lowest BCUT2D eigenvalue weighted by molar-refractivity contribution is -0.135. The predicted molar refractivity (Wildman–Crippen MR) is 115 cm³/mol. The average Bonchev–Trinajstić information content (AvgIpc) is 3.13. The van der Waals surface area contributed by atoms with E-state index in [1.54, 1.807) is 11.3 Å². The maximum Gasteiger partial charge on any atom is 0.236 e. The van der Waals surface area contributed by atoms with E-state index in [-0.39, 0.29) is 17.7 Å². The van der Waals surface area contributed by atoms with E-state index in [2.05, 4.69) is 17.1 Å². The van der Waals surface area contributed by atoms with E-state index in [0.717, 1.165) is 28.0 Å². The minimum Gasteiger partial charge on any atom is -0.342 e. The molecule has 1 aliphatic rings. The van der Waals surface area contributed by atoms with Crippen LogP contribution in [0.5, 0.6) is 0 Å². The number of hydrogen-bond donors (Lipinski definition) is 1. The Kier molecular flexibility index (Phi) is 7.48. The number of carbonyl (C=O) groups is 2. The summed E-state index contributed by atoms with van der Waals surface area (Å²) in [6, 6.07) is 13.4. The number of likely N-dealkylation sites (N-methyl/N-ethyl adjacent to an activating group) is 1. The van der Waals surface area contributed by atoms with Gasteiger partial charge in [-0.2, -0.15) is 0 Å². The summed E-state index contributed by atoms with van der Waals surface area (Å²) in [6.07, 6.45) is 1.41. The van der Waals surface area contributed by atoms with E-state index in [0.29, 0.717) is 32.5 Å². The second-order valence-electron chi connectivity index (χ2n) is 7.02. The number of amides is 2. The fourth-order valence-electron chi connectivity index (χ4n) is 3.38. The summed E-state index contributed by atoms with van der Waals surface area (Å²) in [5, 5.41) is 2.97. The molecule has 0 bridgehead atoms. The van der Waals surface area contributed by atoms with Crippen LogP contribution >= 0.6 is 22.9 Å². The van der Waals surface area contributed by atoms with E-state index in [1.807, 2.05) is 47.4 Å². The van der Waals surface area contributed by atoms with Crippen molar-refractivity contribution in [1.29, 1.82) is 0 Å². The number of rotatable bonds is 7.